The largest absolute Gasteiger partial charge is 0.0744 e. The fraction of sp³-hybridized carbons (Fsp3) is 0.857. The Balaban J connectivity index is 4.06. The summed E-state index contributed by atoms with van der Waals surface area (Å²) in [4.78, 5) is 0. The van der Waals surface area contributed by atoms with E-state index in [9.17, 15) is 0 Å². The van der Waals surface area contributed by atoms with Crippen molar-refractivity contribution in [2.45, 2.75) is 73.1 Å². The maximum Gasteiger partial charge on any atom is -0.0292 e. The maximum absolute atomic E-state index is 2.32. The molecular weight excluding hydrogens is 168 g/mol. The molecule has 14 heavy (non-hydrogen) atoms. The molecule has 0 N–H and O–H groups in total. The Morgan fingerprint density at radius 2 is 1.50 bits per heavy atom. The van der Waals surface area contributed by atoms with Gasteiger partial charge in [0.15, 0.2) is 0 Å². The molecule has 0 rings (SSSR count). The van der Waals surface area contributed by atoms with Crippen LogP contribution in [0.1, 0.15) is 73.1 Å². The number of hydrogen-bond donors (Lipinski definition) is 0. The van der Waals surface area contributed by atoms with Crippen LogP contribution < -0.4 is 0 Å². The van der Waals surface area contributed by atoms with Crippen molar-refractivity contribution in [1.29, 1.82) is 0 Å². The van der Waals surface area contributed by atoms with Crippen molar-refractivity contribution in [1.82, 2.24) is 0 Å². The average molecular weight is 196 g/mol. The van der Waals surface area contributed by atoms with Gasteiger partial charge in [-0.05, 0) is 39.0 Å². The summed E-state index contributed by atoms with van der Waals surface area (Å²) in [7, 11) is 0. The topological polar surface area (TPSA) is 0 Å². The van der Waals surface area contributed by atoms with E-state index in [0.717, 1.165) is 5.92 Å². The van der Waals surface area contributed by atoms with Crippen LogP contribution in [0.4, 0.5) is 0 Å². The van der Waals surface area contributed by atoms with Crippen LogP contribution in [0.3, 0.4) is 0 Å². The van der Waals surface area contributed by atoms with E-state index in [2.05, 4.69) is 34.6 Å². The van der Waals surface area contributed by atoms with Gasteiger partial charge in [0.1, 0.15) is 0 Å². The molecule has 0 heterocycles. The third kappa shape index (κ3) is 5.47. The van der Waals surface area contributed by atoms with E-state index in [1.807, 2.05) is 0 Å². The molecule has 0 aliphatic rings. The van der Waals surface area contributed by atoms with Crippen LogP contribution in [0.5, 0.6) is 0 Å². The van der Waals surface area contributed by atoms with Crippen LogP contribution in [0.15, 0.2) is 11.1 Å². The smallest absolute Gasteiger partial charge is 0.0292 e. The van der Waals surface area contributed by atoms with Crippen molar-refractivity contribution >= 4 is 0 Å². The Morgan fingerprint density at radius 1 is 0.929 bits per heavy atom. The quantitative estimate of drug-likeness (QED) is 0.482. The van der Waals surface area contributed by atoms with Gasteiger partial charge in [0, 0.05) is 0 Å². The minimum absolute atomic E-state index is 0.909. The number of allylic oxidation sites excluding steroid dienone is 2. The van der Waals surface area contributed by atoms with Gasteiger partial charge in [-0.25, -0.2) is 0 Å². The normalized spacial score (nSPS) is 13.3. The first-order valence-corrected chi connectivity index (χ1v) is 6.30. The van der Waals surface area contributed by atoms with Gasteiger partial charge >= 0.3 is 0 Å². The maximum atomic E-state index is 2.32. The van der Waals surface area contributed by atoms with Crippen LogP contribution in [0.2, 0.25) is 0 Å². The van der Waals surface area contributed by atoms with Crippen molar-refractivity contribution in [3.05, 3.63) is 11.1 Å². The highest BCUT2D eigenvalue weighted by Crippen LogP contribution is 2.22. The lowest BCUT2D eigenvalue weighted by Crippen LogP contribution is -1.99. The summed E-state index contributed by atoms with van der Waals surface area (Å²) in [6.45, 7) is 11.5. The molecule has 0 spiro atoms. The molecule has 0 aromatic rings. The van der Waals surface area contributed by atoms with Gasteiger partial charge in [-0.3, -0.25) is 0 Å². The molecule has 0 atom stereocenters. The summed E-state index contributed by atoms with van der Waals surface area (Å²) in [5.74, 6) is 0.909. The molecule has 0 nitrogen and oxygen atoms in total. The minimum Gasteiger partial charge on any atom is -0.0744 e. The SMILES string of the molecule is CCCC/C(C)=C(\C)CC(CC)CC. The minimum atomic E-state index is 0.909. The molecule has 0 heteroatoms. The summed E-state index contributed by atoms with van der Waals surface area (Å²) in [6, 6.07) is 0. The third-order valence-electron chi connectivity index (χ3n) is 3.38. The van der Waals surface area contributed by atoms with E-state index >= 15 is 0 Å². The molecule has 84 valence electrons. The van der Waals surface area contributed by atoms with Crippen LogP contribution >= 0.6 is 0 Å². The van der Waals surface area contributed by atoms with Crippen molar-refractivity contribution in [3.8, 4) is 0 Å². The second-order valence-corrected chi connectivity index (χ2v) is 4.55. The van der Waals surface area contributed by atoms with Gasteiger partial charge in [0.05, 0.1) is 0 Å². The van der Waals surface area contributed by atoms with E-state index in [-0.39, 0.29) is 0 Å². The summed E-state index contributed by atoms with van der Waals surface area (Å²) >= 11 is 0. The van der Waals surface area contributed by atoms with Gasteiger partial charge in [0.25, 0.3) is 0 Å². The second kappa shape index (κ2) is 8.08. The zero-order valence-corrected chi connectivity index (χ0v) is 10.8. The molecule has 0 radical (unpaired) electrons. The molecule has 0 saturated carbocycles. The number of rotatable bonds is 7. The Bertz CT molecular complexity index is 161. The fourth-order valence-corrected chi connectivity index (χ4v) is 1.84. The monoisotopic (exact) mass is 196 g/mol. The van der Waals surface area contributed by atoms with Gasteiger partial charge in [-0.15, -0.1) is 0 Å². The molecule has 0 aromatic carbocycles. The van der Waals surface area contributed by atoms with E-state index in [1.165, 1.54) is 38.5 Å². The molecular formula is C14H28. The van der Waals surface area contributed by atoms with Crippen LogP contribution in [0.25, 0.3) is 0 Å². The zero-order chi connectivity index (χ0) is 11.0. The van der Waals surface area contributed by atoms with E-state index < -0.39 is 0 Å². The first kappa shape index (κ1) is 13.7. The van der Waals surface area contributed by atoms with E-state index in [4.69, 9.17) is 0 Å². The zero-order valence-electron chi connectivity index (χ0n) is 10.8. The standard InChI is InChI=1S/C14H28/c1-6-9-10-12(4)13(5)11-14(7-2)8-3/h14H,6-11H2,1-5H3/b13-12+. The third-order valence-corrected chi connectivity index (χ3v) is 3.38. The highest BCUT2D eigenvalue weighted by molar-refractivity contribution is 5.10. The molecule has 0 aromatic heterocycles. The Morgan fingerprint density at radius 3 is 1.93 bits per heavy atom. The predicted molar refractivity (Wildman–Crippen MR) is 66.6 cm³/mol. The number of unbranched alkanes of at least 4 members (excludes halogenated alkanes) is 1. The van der Waals surface area contributed by atoms with Gasteiger partial charge in [0.2, 0.25) is 0 Å². The summed E-state index contributed by atoms with van der Waals surface area (Å²) in [5, 5.41) is 0. The Hall–Kier alpha value is -0.260. The summed E-state index contributed by atoms with van der Waals surface area (Å²) in [6.07, 6.45) is 7.95. The molecule has 0 aliphatic heterocycles. The molecule has 0 bridgehead atoms. The molecule has 0 unspecified atom stereocenters. The first-order valence-electron chi connectivity index (χ1n) is 6.30. The van der Waals surface area contributed by atoms with E-state index in [0.29, 0.717) is 0 Å². The highest BCUT2D eigenvalue weighted by atomic mass is 14.1. The van der Waals surface area contributed by atoms with Crippen molar-refractivity contribution in [2.24, 2.45) is 5.92 Å². The van der Waals surface area contributed by atoms with Crippen molar-refractivity contribution in [2.75, 3.05) is 0 Å². The lowest BCUT2D eigenvalue weighted by Gasteiger charge is -2.14. The molecule has 0 fully saturated rings. The van der Waals surface area contributed by atoms with Crippen LogP contribution in [0, 0.1) is 5.92 Å². The number of hydrogen-bond acceptors (Lipinski definition) is 0. The fourth-order valence-electron chi connectivity index (χ4n) is 1.84. The second-order valence-electron chi connectivity index (χ2n) is 4.55. The molecule has 0 aliphatic carbocycles. The molecule has 0 amide bonds. The molecule has 0 saturated heterocycles. The van der Waals surface area contributed by atoms with Gasteiger partial charge in [-0.2, -0.15) is 0 Å². The van der Waals surface area contributed by atoms with Crippen LogP contribution in [-0.2, 0) is 0 Å². The van der Waals surface area contributed by atoms with Gasteiger partial charge in [-0.1, -0.05) is 51.2 Å². The lowest BCUT2D eigenvalue weighted by molar-refractivity contribution is 0.486. The summed E-state index contributed by atoms with van der Waals surface area (Å²) < 4.78 is 0. The summed E-state index contributed by atoms with van der Waals surface area (Å²) in [5.41, 5.74) is 3.28. The van der Waals surface area contributed by atoms with Gasteiger partial charge < -0.3 is 0 Å². The highest BCUT2D eigenvalue weighted by Gasteiger charge is 2.05. The van der Waals surface area contributed by atoms with Crippen molar-refractivity contribution in [3.63, 3.8) is 0 Å². The Labute approximate surface area is 90.8 Å². The van der Waals surface area contributed by atoms with E-state index in [1.54, 1.807) is 11.1 Å². The predicted octanol–water partition coefficient (Wildman–Crippen LogP) is 5.34. The van der Waals surface area contributed by atoms with Crippen LogP contribution in [-0.4, -0.2) is 0 Å². The Kier molecular flexibility index (Phi) is 7.93. The first-order chi connectivity index (χ1) is 6.65. The van der Waals surface area contributed by atoms with Crippen molar-refractivity contribution < 1.29 is 0 Å². The lowest BCUT2D eigenvalue weighted by atomic mass is 9.92. The average Bonchev–Trinajstić information content (AvgIpc) is 2.21.